The second kappa shape index (κ2) is 5.11. The highest BCUT2D eigenvalue weighted by Gasteiger charge is 2.25. The van der Waals surface area contributed by atoms with Gasteiger partial charge >= 0.3 is 0 Å². The molecule has 1 unspecified atom stereocenters. The predicted molar refractivity (Wildman–Crippen MR) is 84.5 cm³/mol. The Bertz CT molecular complexity index is 801. The van der Waals surface area contributed by atoms with Gasteiger partial charge in [0.2, 0.25) is 0 Å². The van der Waals surface area contributed by atoms with E-state index in [1.165, 1.54) is 16.7 Å². The van der Waals surface area contributed by atoms with Crippen molar-refractivity contribution in [2.45, 2.75) is 26.6 Å². The monoisotopic (exact) mass is 291 g/mol. The number of aromatic nitrogens is 1. The Balaban J connectivity index is 1.81. The summed E-state index contributed by atoms with van der Waals surface area (Å²) in [6, 6.07) is 16.8. The molecule has 2 aromatic carbocycles. The number of rotatable bonds is 2. The standard InChI is InChI=1S/C19H17NO2/c1-12-18(13(2)22-20-12)15-8-9-16-11-21-19(17(16)10-15)14-6-4-3-5-7-14/h3-10,19H,11H2,1-2H3. The third-order valence-electron chi connectivity index (χ3n) is 4.26. The third-order valence-corrected chi connectivity index (χ3v) is 4.26. The minimum Gasteiger partial charge on any atom is -0.364 e. The van der Waals surface area contributed by atoms with Crippen LogP contribution < -0.4 is 0 Å². The van der Waals surface area contributed by atoms with E-state index in [4.69, 9.17) is 9.26 Å². The molecule has 4 rings (SSSR count). The van der Waals surface area contributed by atoms with E-state index in [0.717, 1.165) is 22.6 Å². The molecule has 110 valence electrons. The molecule has 0 bridgehead atoms. The normalized spacial score (nSPS) is 16.7. The maximum absolute atomic E-state index is 6.00. The van der Waals surface area contributed by atoms with E-state index >= 15 is 0 Å². The van der Waals surface area contributed by atoms with Crippen molar-refractivity contribution in [3.8, 4) is 11.1 Å². The Kier molecular flexibility index (Phi) is 3.09. The molecule has 3 aromatic rings. The first-order valence-electron chi connectivity index (χ1n) is 7.46. The van der Waals surface area contributed by atoms with Crippen LogP contribution in [0.1, 0.15) is 34.2 Å². The molecule has 1 aromatic heterocycles. The predicted octanol–water partition coefficient (Wildman–Crippen LogP) is 4.58. The summed E-state index contributed by atoms with van der Waals surface area (Å²) in [5.74, 6) is 0.854. The molecule has 0 N–H and O–H groups in total. The quantitative estimate of drug-likeness (QED) is 0.693. The van der Waals surface area contributed by atoms with Crippen molar-refractivity contribution in [3.63, 3.8) is 0 Å². The van der Waals surface area contributed by atoms with Crippen LogP contribution in [-0.4, -0.2) is 5.16 Å². The van der Waals surface area contributed by atoms with Crippen molar-refractivity contribution in [1.29, 1.82) is 0 Å². The Morgan fingerprint density at radius 1 is 1.05 bits per heavy atom. The van der Waals surface area contributed by atoms with Crippen LogP contribution in [0.15, 0.2) is 53.1 Å². The fourth-order valence-corrected chi connectivity index (χ4v) is 3.19. The summed E-state index contributed by atoms with van der Waals surface area (Å²) in [6.45, 7) is 4.59. The third kappa shape index (κ3) is 2.06. The molecule has 1 aliphatic heterocycles. The number of hydrogen-bond acceptors (Lipinski definition) is 3. The molecule has 0 fully saturated rings. The largest absolute Gasteiger partial charge is 0.364 e. The van der Waals surface area contributed by atoms with Crippen LogP contribution in [0, 0.1) is 13.8 Å². The van der Waals surface area contributed by atoms with Gasteiger partial charge in [0, 0.05) is 5.56 Å². The zero-order chi connectivity index (χ0) is 15.1. The lowest BCUT2D eigenvalue weighted by Crippen LogP contribution is -1.98. The minimum atomic E-state index is 0.0108. The number of nitrogens with zero attached hydrogens (tertiary/aromatic N) is 1. The van der Waals surface area contributed by atoms with Gasteiger partial charge in [0.1, 0.15) is 11.9 Å². The fraction of sp³-hybridized carbons (Fsp3) is 0.211. The van der Waals surface area contributed by atoms with Crippen molar-refractivity contribution in [3.05, 3.63) is 76.7 Å². The lowest BCUT2D eigenvalue weighted by molar-refractivity contribution is 0.0939. The molecule has 2 heterocycles. The van der Waals surface area contributed by atoms with E-state index < -0.39 is 0 Å². The second-order valence-corrected chi connectivity index (χ2v) is 5.71. The van der Waals surface area contributed by atoms with Crippen LogP contribution in [0.3, 0.4) is 0 Å². The molecule has 0 saturated heterocycles. The number of hydrogen-bond donors (Lipinski definition) is 0. The van der Waals surface area contributed by atoms with E-state index in [9.17, 15) is 0 Å². The summed E-state index contributed by atoms with van der Waals surface area (Å²) in [4.78, 5) is 0. The summed E-state index contributed by atoms with van der Waals surface area (Å²) in [5.41, 5.74) is 6.83. The maximum Gasteiger partial charge on any atom is 0.141 e. The molecular formula is C19H17NO2. The molecular weight excluding hydrogens is 274 g/mol. The van der Waals surface area contributed by atoms with Crippen molar-refractivity contribution >= 4 is 0 Å². The summed E-state index contributed by atoms with van der Waals surface area (Å²) < 4.78 is 11.3. The molecule has 3 nitrogen and oxygen atoms in total. The summed E-state index contributed by atoms with van der Waals surface area (Å²) >= 11 is 0. The topological polar surface area (TPSA) is 35.3 Å². The smallest absolute Gasteiger partial charge is 0.141 e. The molecule has 3 heteroatoms. The summed E-state index contributed by atoms with van der Waals surface area (Å²) in [6.07, 6.45) is 0.0108. The Morgan fingerprint density at radius 3 is 2.59 bits per heavy atom. The van der Waals surface area contributed by atoms with E-state index in [1.54, 1.807) is 0 Å². The van der Waals surface area contributed by atoms with Crippen LogP contribution in [0.25, 0.3) is 11.1 Å². The highest BCUT2D eigenvalue weighted by atomic mass is 16.5. The van der Waals surface area contributed by atoms with Gasteiger partial charge in [0.25, 0.3) is 0 Å². The number of aryl methyl sites for hydroxylation is 2. The average molecular weight is 291 g/mol. The maximum atomic E-state index is 6.00. The number of benzene rings is 2. The SMILES string of the molecule is Cc1noc(C)c1-c1ccc2c(c1)C(c1ccccc1)OC2. The highest BCUT2D eigenvalue weighted by molar-refractivity contribution is 5.69. The van der Waals surface area contributed by atoms with Crippen molar-refractivity contribution < 1.29 is 9.26 Å². The van der Waals surface area contributed by atoms with Crippen LogP contribution >= 0.6 is 0 Å². The zero-order valence-corrected chi connectivity index (χ0v) is 12.7. The van der Waals surface area contributed by atoms with Crippen LogP contribution in [0.2, 0.25) is 0 Å². The molecule has 0 spiro atoms. The first kappa shape index (κ1) is 13.3. The van der Waals surface area contributed by atoms with Gasteiger partial charge in [-0.15, -0.1) is 0 Å². The molecule has 0 radical (unpaired) electrons. The van der Waals surface area contributed by atoms with Gasteiger partial charge in [-0.05, 0) is 42.2 Å². The van der Waals surface area contributed by atoms with Crippen LogP contribution in [-0.2, 0) is 11.3 Å². The molecule has 0 saturated carbocycles. The van der Waals surface area contributed by atoms with Gasteiger partial charge in [0.15, 0.2) is 0 Å². The van der Waals surface area contributed by atoms with Crippen molar-refractivity contribution in [2.75, 3.05) is 0 Å². The second-order valence-electron chi connectivity index (χ2n) is 5.71. The van der Waals surface area contributed by atoms with Gasteiger partial charge in [-0.2, -0.15) is 0 Å². The lowest BCUT2D eigenvalue weighted by Gasteiger charge is -2.12. The summed E-state index contributed by atoms with van der Waals surface area (Å²) in [7, 11) is 0. The lowest BCUT2D eigenvalue weighted by atomic mass is 9.94. The van der Waals surface area contributed by atoms with Crippen LogP contribution in [0.5, 0.6) is 0 Å². The van der Waals surface area contributed by atoms with E-state index in [-0.39, 0.29) is 6.10 Å². The number of ether oxygens (including phenoxy) is 1. The van der Waals surface area contributed by atoms with E-state index in [0.29, 0.717) is 6.61 Å². The van der Waals surface area contributed by atoms with Crippen LogP contribution in [0.4, 0.5) is 0 Å². The van der Waals surface area contributed by atoms with Gasteiger partial charge in [-0.1, -0.05) is 47.6 Å². The molecule has 0 aliphatic carbocycles. The first-order valence-corrected chi connectivity index (χ1v) is 7.46. The number of fused-ring (bicyclic) bond motifs is 1. The van der Waals surface area contributed by atoms with Gasteiger partial charge < -0.3 is 9.26 Å². The first-order chi connectivity index (χ1) is 10.7. The van der Waals surface area contributed by atoms with Gasteiger partial charge in [-0.25, -0.2) is 0 Å². The molecule has 0 amide bonds. The minimum absolute atomic E-state index is 0.0108. The Morgan fingerprint density at radius 2 is 1.86 bits per heavy atom. The highest BCUT2D eigenvalue weighted by Crippen LogP contribution is 2.39. The van der Waals surface area contributed by atoms with Crippen molar-refractivity contribution in [1.82, 2.24) is 5.16 Å². The average Bonchev–Trinajstić information content (AvgIpc) is 3.11. The zero-order valence-electron chi connectivity index (χ0n) is 12.7. The molecule has 1 aliphatic rings. The van der Waals surface area contributed by atoms with Crippen molar-refractivity contribution in [2.24, 2.45) is 0 Å². The van der Waals surface area contributed by atoms with E-state index in [1.807, 2.05) is 19.9 Å². The fourth-order valence-electron chi connectivity index (χ4n) is 3.19. The Labute approximate surface area is 129 Å². The molecule has 1 atom stereocenters. The molecule has 22 heavy (non-hydrogen) atoms. The van der Waals surface area contributed by atoms with E-state index in [2.05, 4.69) is 47.6 Å². The summed E-state index contributed by atoms with van der Waals surface area (Å²) in [5, 5.41) is 4.06. The van der Waals surface area contributed by atoms with Gasteiger partial charge in [0.05, 0.1) is 12.3 Å². The van der Waals surface area contributed by atoms with Gasteiger partial charge in [-0.3, -0.25) is 0 Å². The Hall–Kier alpha value is -2.39.